The molecule has 4 rings (SSSR count). The first-order chi connectivity index (χ1) is 14.9. The molecule has 1 N–H and O–H groups in total. The summed E-state index contributed by atoms with van der Waals surface area (Å²) in [5.41, 5.74) is 14.1. The van der Waals surface area contributed by atoms with Gasteiger partial charge in [0.15, 0.2) is 0 Å². The van der Waals surface area contributed by atoms with E-state index in [1.165, 1.54) is 47.1 Å². The second-order valence-electron chi connectivity index (χ2n) is 8.44. The summed E-state index contributed by atoms with van der Waals surface area (Å²) in [5, 5.41) is 0. The van der Waals surface area contributed by atoms with Crippen molar-refractivity contribution in [3.05, 3.63) is 89.2 Å². The molecule has 173 valence electrons. The monoisotopic (exact) mass is 612 g/mol. The van der Waals surface area contributed by atoms with E-state index in [1.807, 2.05) is 12.1 Å². The van der Waals surface area contributed by atoms with E-state index in [0.29, 0.717) is 5.92 Å². The number of benzene rings is 2. The van der Waals surface area contributed by atoms with Crippen molar-refractivity contribution < 1.29 is 25.8 Å². The predicted molar refractivity (Wildman–Crippen MR) is 142 cm³/mol. The van der Waals surface area contributed by atoms with Crippen LogP contribution in [0.25, 0.3) is 16.9 Å². The first kappa shape index (κ1) is 31.0. The Morgan fingerprint density at radius 1 is 0.781 bits per heavy atom. The zero-order valence-corrected chi connectivity index (χ0v) is 25.8. The van der Waals surface area contributed by atoms with E-state index < -0.39 is 0 Å². The van der Waals surface area contributed by atoms with Crippen LogP contribution in [0.15, 0.2) is 77.4 Å². The van der Waals surface area contributed by atoms with Gasteiger partial charge in [-0.15, -0.1) is 13.0 Å². The third kappa shape index (κ3) is 12.3. The van der Waals surface area contributed by atoms with Crippen molar-refractivity contribution in [3.8, 4) is 11.1 Å². The molecule has 2 aliphatic rings. The molecule has 0 spiro atoms. The molecule has 0 aromatic heterocycles. The second-order valence-corrected chi connectivity index (χ2v) is 9.60. The summed E-state index contributed by atoms with van der Waals surface area (Å²) in [7, 11) is 0.750. The summed E-state index contributed by atoms with van der Waals surface area (Å²) in [4.78, 5) is 0. The van der Waals surface area contributed by atoms with Crippen molar-refractivity contribution in [1.82, 2.24) is 0 Å². The molecule has 2 aromatic rings. The van der Waals surface area contributed by atoms with Gasteiger partial charge >= 0.3 is 0 Å². The fraction of sp³-hybridized carbons (Fsp3) is 0.448. The maximum absolute atomic E-state index is 7.27. The molecule has 32 heavy (non-hydrogen) atoms. The third-order valence-electron chi connectivity index (χ3n) is 5.72. The molecule has 1 radical (unpaired) electrons. The second kappa shape index (κ2) is 18.4. The van der Waals surface area contributed by atoms with Crippen LogP contribution >= 0.6 is 0 Å². The third-order valence-corrected chi connectivity index (χ3v) is 5.72. The van der Waals surface area contributed by atoms with Gasteiger partial charge in [-0.1, -0.05) is 133 Å². The molecule has 1 atom stereocenters. The van der Waals surface area contributed by atoms with Crippen LogP contribution in [0.2, 0.25) is 13.1 Å². The number of rotatable bonds is 1. The molecule has 1 fully saturated rings. The first-order valence-corrected chi connectivity index (χ1v) is 14.0. The number of hydrogen-bond donors (Lipinski definition) is 0. The van der Waals surface area contributed by atoms with E-state index >= 15 is 0 Å². The van der Waals surface area contributed by atoms with Gasteiger partial charge in [0.1, 0.15) is 0 Å². The maximum Gasteiger partial charge on any atom is 0.0213 e. The summed E-state index contributed by atoms with van der Waals surface area (Å²) < 4.78 is 0. The molecule has 0 aliphatic heterocycles. The standard InChI is InChI=1S/C12H10.C9H13.C6H12N.C2H7Si.Hf/c1-3-7-11(8-4-1)12-9-5-2-6-10-12;1-6-5-7(2)9(4)8(6)3;7-6-4-2-1-3-5-6;1-3-2;/h1-10H;6H,1-4H3;6-7H,1-5H2;3H,1-2H3;/q;2*-1;;. The molecule has 0 saturated heterocycles. The van der Waals surface area contributed by atoms with E-state index in [2.05, 4.69) is 95.4 Å². The molecule has 2 aliphatic carbocycles. The van der Waals surface area contributed by atoms with Gasteiger partial charge in [0, 0.05) is 35.4 Å². The van der Waals surface area contributed by atoms with Gasteiger partial charge in [0.2, 0.25) is 0 Å². The van der Waals surface area contributed by atoms with Crippen molar-refractivity contribution in [2.75, 3.05) is 0 Å². The Bertz CT molecular complexity index is 740. The maximum atomic E-state index is 7.27. The summed E-state index contributed by atoms with van der Waals surface area (Å²) in [6.45, 7) is 13.1. The molecule has 1 nitrogen and oxygen atoms in total. The molecular formula is C29H42HfNSi-2. The van der Waals surface area contributed by atoms with Crippen LogP contribution in [-0.2, 0) is 25.8 Å². The van der Waals surface area contributed by atoms with Crippen LogP contribution in [0, 0.1) is 12.0 Å². The number of hydrogen-bond acceptors (Lipinski definition) is 0. The van der Waals surface area contributed by atoms with E-state index in [1.54, 1.807) is 0 Å². The van der Waals surface area contributed by atoms with Gasteiger partial charge in [0.25, 0.3) is 0 Å². The molecule has 0 amide bonds. The SMILES string of the molecule is CC1=[C-]C(C)C(C)=C1C.C[SiH]C.[Hf].[NH-]C1CCCCC1.c1ccc(-c2ccccc2)cc1. The number of allylic oxidation sites excluding steroid dienone is 4. The fourth-order valence-electron chi connectivity index (χ4n) is 3.53. The topological polar surface area (TPSA) is 23.8 Å². The zero-order chi connectivity index (χ0) is 23.1. The Hall–Kier alpha value is -1.03. The van der Waals surface area contributed by atoms with Gasteiger partial charge < -0.3 is 5.73 Å². The molecule has 0 bridgehead atoms. The van der Waals surface area contributed by atoms with E-state index in [-0.39, 0.29) is 31.9 Å². The van der Waals surface area contributed by atoms with Crippen molar-refractivity contribution in [3.63, 3.8) is 0 Å². The van der Waals surface area contributed by atoms with Crippen LogP contribution in [-0.4, -0.2) is 15.6 Å². The van der Waals surface area contributed by atoms with Crippen LogP contribution in [0.5, 0.6) is 0 Å². The average molecular weight is 611 g/mol. The van der Waals surface area contributed by atoms with Crippen LogP contribution in [0.1, 0.15) is 59.8 Å². The molecule has 1 unspecified atom stereocenters. The van der Waals surface area contributed by atoms with Gasteiger partial charge in [-0.2, -0.15) is 11.1 Å². The van der Waals surface area contributed by atoms with E-state index in [9.17, 15) is 0 Å². The van der Waals surface area contributed by atoms with E-state index in [0.717, 1.165) is 22.4 Å². The minimum atomic E-state index is 0. The Morgan fingerprint density at radius 3 is 1.41 bits per heavy atom. The van der Waals surface area contributed by atoms with Gasteiger partial charge in [-0.25, -0.2) is 5.57 Å². The molecule has 3 heteroatoms. The predicted octanol–water partition coefficient (Wildman–Crippen LogP) is 8.96. The largest absolute Gasteiger partial charge is 0.675 e. The van der Waals surface area contributed by atoms with Crippen LogP contribution < -0.4 is 0 Å². The Balaban J connectivity index is 0.000000431. The molecule has 0 heterocycles. The quantitative estimate of drug-likeness (QED) is 0.227. The summed E-state index contributed by atoms with van der Waals surface area (Å²) >= 11 is 0. The molecular weight excluding hydrogens is 569 g/mol. The van der Waals surface area contributed by atoms with Crippen LogP contribution in [0.3, 0.4) is 0 Å². The number of nitrogens with one attached hydrogen (secondary N) is 1. The van der Waals surface area contributed by atoms with Gasteiger partial charge in [0.05, 0.1) is 0 Å². The Morgan fingerprint density at radius 2 is 1.19 bits per heavy atom. The normalized spacial score (nSPS) is 17.3. The molecule has 1 saturated carbocycles. The summed E-state index contributed by atoms with van der Waals surface area (Å²) in [6.07, 6.45) is 9.63. The van der Waals surface area contributed by atoms with Crippen molar-refractivity contribution in [2.45, 2.75) is 78.9 Å². The van der Waals surface area contributed by atoms with Crippen molar-refractivity contribution >= 4 is 9.52 Å². The van der Waals surface area contributed by atoms with Crippen molar-refractivity contribution in [1.29, 1.82) is 0 Å². The summed E-state index contributed by atoms with van der Waals surface area (Å²) in [6, 6.07) is 21.1. The zero-order valence-electron chi connectivity index (χ0n) is 21.0. The Labute approximate surface area is 219 Å². The van der Waals surface area contributed by atoms with Crippen LogP contribution in [0.4, 0.5) is 0 Å². The molecule has 2 aromatic carbocycles. The summed E-state index contributed by atoms with van der Waals surface area (Å²) in [5.74, 6) is 0.560. The van der Waals surface area contributed by atoms with Gasteiger partial charge in [-0.05, 0) is 11.1 Å². The first-order valence-electron chi connectivity index (χ1n) is 11.7. The minimum absolute atomic E-state index is 0. The van der Waals surface area contributed by atoms with E-state index in [4.69, 9.17) is 5.73 Å². The fourth-order valence-corrected chi connectivity index (χ4v) is 3.53. The minimum Gasteiger partial charge on any atom is -0.675 e. The van der Waals surface area contributed by atoms with Gasteiger partial charge in [-0.3, -0.25) is 6.08 Å². The van der Waals surface area contributed by atoms with Crippen molar-refractivity contribution in [2.24, 2.45) is 5.92 Å². The Kier molecular flexibility index (Phi) is 17.8. The average Bonchev–Trinajstić information content (AvgIpc) is 3.02. The smallest absolute Gasteiger partial charge is 0.0213 e.